The number of fused-ring (bicyclic) bond motifs is 43. The van der Waals surface area contributed by atoms with Crippen LogP contribution in [0.5, 0.6) is 0 Å². The quantitative estimate of drug-likeness (QED) is 0.336. The number of hydrogen-bond acceptors (Lipinski definition) is 1. The van der Waals surface area contributed by atoms with Crippen molar-refractivity contribution in [2.75, 3.05) is 12.9 Å². The third-order valence-electron chi connectivity index (χ3n) is 21.6. The lowest BCUT2D eigenvalue weighted by Gasteiger charge is -3.01. The largest absolute Gasteiger partial charge is 0.396 e. The van der Waals surface area contributed by atoms with Crippen LogP contribution in [0.3, 0.4) is 0 Å². The molecular formula is C33H39BOS. The summed E-state index contributed by atoms with van der Waals surface area (Å²) in [4.78, 5) is 0. The Kier molecular flexibility index (Phi) is 1.95. The van der Waals surface area contributed by atoms with Crippen molar-refractivity contribution in [3.8, 4) is 0 Å². The van der Waals surface area contributed by atoms with Crippen LogP contribution in [0.25, 0.3) is 0 Å². The van der Waals surface area contributed by atoms with Crippen LogP contribution < -0.4 is 0 Å². The molecule has 0 radical (unpaired) electrons. The average Bonchev–Trinajstić information content (AvgIpc) is 3.63. The number of aliphatic hydroxyl groups is 1. The van der Waals surface area contributed by atoms with Gasteiger partial charge in [-0.3, -0.25) is 0 Å². The van der Waals surface area contributed by atoms with Crippen molar-refractivity contribution in [2.24, 2.45) is 147 Å². The molecular weight excluding hydrogens is 455 g/mol. The van der Waals surface area contributed by atoms with Crippen molar-refractivity contribution in [2.45, 2.75) is 34.3 Å². The van der Waals surface area contributed by atoms with Crippen LogP contribution in [0.15, 0.2) is 0 Å². The van der Waals surface area contributed by atoms with Crippen molar-refractivity contribution in [3.05, 3.63) is 0 Å². The molecule has 3 heteroatoms. The molecule has 0 bridgehead atoms. The summed E-state index contributed by atoms with van der Waals surface area (Å²) in [6, 6.07) is 0. The fraction of sp³-hybridized carbons (Fsp3) is 1.00. The molecule has 1 nitrogen and oxygen atoms in total. The normalized spacial score (nSPS) is 100. The Morgan fingerprint density at radius 1 is 0.528 bits per heavy atom. The molecule has 0 amide bonds. The highest BCUT2D eigenvalue weighted by atomic mass is 32.3. The highest BCUT2D eigenvalue weighted by Gasteiger charge is 3.00. The molecule has 0 aromatic rings. The van der Waals surface area contributed by atoms with E-state index in [2.05, 4.69) is 13.2 Å². The van der Waals surface area contributed by atoms with E-state index < -0.39 is 0 Å². The first kappa shape index (κ1) is 17.2. The van der Waals surface area contributed by atoms with Crippen LogP contribution >= 0.6 is 10.0 Å². The molecule has 36 heavy (non-hydrogen) atoms. The molecule has 3 heterocycles. The summed E-state index contributed by atoms with van der Waals surface area (Å²) in [6.45, 7) is 3.21. The first-order valence-corrected chi connectivity index (χ1v) is 19.3. The van der Waals surface area contributed by atoms with Crippen LogP contribution in [-0.4, -0.2) is 41.0 Å². The van der Waals surface area contributed by atoms with Crippen molar-refractivity contribution in [3.63, 3.8) is 0 Å². The molecule has 16 rings (SSSR count). The highest BCUT2D eigenvalue weighted by Crippen LogP contribution is 3.05. The van der Waals surface area contributed by atoms with Gasteiger partial charge < -0.3 is 5.11 Å². The van der Waals surface area contributed by atoms with Gasteiger partial charge in [-0.2, -0.15) is 0 Å². The van der Waals surface area contributed by atoms with E-state index in [0.717, 1.165) is 51.9 Å². The van der Waals surface area contributed by atoms with Gasteiger partial charge in [0.2, 0.25) is 0 Å². The average molecular weight is 495 g/mol. The second kappa shape index (κ2) is 4.07. The Labute approximate surface area is 216 Å². The standard InChI is InChI=1S/C33H39BOS/c1-4-31-25-28-24(32(25)36(4,31)2)27-23-19-15-11-7-5-6(8(7)12(11)16(15)20(19)26(23)33(27,28)3-35)10-9(5)13-14(10)18-17(13)21-22(18)30-29(21)34-30/h4-32,34-35H,3H2,1-2H3. The molecule has 186 valence electrons. The SMILES string of the molecule is CC1C2C3C4C(C5C6C7C8C9C%10C%11C%12C%13C%14C%15C%16BC%16C%15C%14C%13C%12C%11C%10C9C8C7C6C54CO)C3S12C. The van der Waals surface area contributed by atoms with E-state index in [0.29, 0.717) is 12.0 Å². The molecule has 0 spiro atoms. The topological polar surface area (TPSA) is 20.2 Å². The van der Waals surface area contributed by atoms with Crippen LogP contribution in [0, 0.1) is 147 Å². The van der Waals surface area contributed by atoms with Crippen LogP contribution in [0.2, 0.25) is 11.6 Å². The first-order valence-electron chi connectivity index (χ1n) is 17.0. The van der Waals surface area contributed by atoms with Gasteiger partial charge >= 0.3 is 0 Å². The second-order valence-electron chi connectivity index (χ2n) is 19.3. The Balaban J connectivity index is 0.727. The maximum atomic E-state index is 10.9. The zero-order valence-corrected chi connectivity index (χ0v) is 22.3. The smallest absolute Gasteiger partial charge is 0.127 e. The van der Waals surface area contributed by atoms with Gasteiger partial charge in [0.1, 0.15) is 7.28 Å². The van der Waals surface area contributed by atoms with E-state index in [-0.39, 0.29) is 10.0 Å². The molecule has 13 saturated carbocycles. The maximum absolute atomic E-state index is 10.9. The van der Waals surface area contributed by atoms with E-state index >= 15 is 0 Å². The third kappa shape index (κ3) is 1.00. The van der Waals surface area contributed by atoms with E-state index in [9.17, 15) is 5.11 Å². The van der Waals surface area contributed by atoms with Crippen molar-refractivity contribution < 1.29 is 5.11 Å². The second-order valence-corrected chi connectivity index (χ2v) is 23.3. The zero-order valence-electron chi connectivity index (χ0n) is 21.5. The van der Waals surface area contributed by atoms with Crippen LogP contribution in [0.4, 0.5) is 0 Å². The highest BCUT2D eigenvalue weighted by molar-refractivity contribution is 8.41. The van der Waals surface area contributed by atoms with Gasteiger partial charge in [0.05, 0.1) is 0 Å². The molecule has 13 aliphatic carbocycles. The lowest BCUT2D eigenvalue weighted by Crippen LogP contribution is -2.98. The van der Waals surface area contributed by atoms with Gasteiger partial charge in [-0.25, -0.2) is 10.0 Å². The van der Waals surface area contributed by atoms with Crippen molar-refractivity contribution in [1.29, 1.82) is 0 Å². The molecule has 16 aliphatic rings. The summed E-state index contributed by atoms with van der Waals surface area (Å²) < 4.78 is 0. The van der Waals surface area contributed by atoms with Crippen molar-refractivity contribution >= 4 is 17.3 Å². The van der Waals surface area contributed by atoms with Gasteiger partial charge in [-0.1, -0.05) is 18.6 Å². The van der Waals surface area contributed by atoms with Gasteiger partial charge in [-0.15, -0.1) is 0 Å². The fourth-order valence-corrected chi connectivity index (χ4v) is 27.2. The molecule has 31 unspecified atom stereocenters. The number of hydrogen-bond donors (Lipinski definition) is 1. The third-order valence-corrected chi connectivity index (χ3v) is 26.8. The van der Waals surface area contributed by atoms with Crippen LogP contribution in [-0.2, 0) is 0 Å². The Hall–Kier alpha value is 0.375. The summed E-state index contributed by atoms with van der Waals surface area (Å²) in [5.41, 5.74) is 0.482. The van der Waals surface area contributed by atoms with Crippen LogP contribution in [0.1, 0.15) is 6.92 Å². The van der Waals surface area contributed by atoms with E-state index in [1.165, 1.54) is 117 Å². The summed E-state index contributed by atoms with van der Waals surface area (Å²) >= 11 is 0. The van der Waals surface area contributed by atoms with Gasteiger partial charge in [0, 0.05) is 17.3 Å². The molecule has 16 fully saturated rings. The minimum absolute atomic E-state index is 0.183. The van der Waals surface area contributed by atoms with E-state index in [1.54, 1.807) is 7.28 Å². The molecule has 0 aromatic carbocycles. The van der Waals surface area contributed by atoms with Crippen molar-refractivity contribution in [1.82, 2.24) is 0 Å². The fourth-order valence-electron chi connectivity index (χ4n) is 21.6. The van der Waals surface area contributed by atoms with Gasteiger partial charge in [0.15, 0.2) is 0 Å². The minimum Gasteiger partial charge on any atom is -0.396 e. The summed E-state index contributed by atoms with van der Waals surface area (Å²) in [6.07, 6.45) is 2.74. The van der Waals surface area contributed by atoms with E-state index in [4.69, 9.17) is 0 Å². The summed E-state index contributed by atoms with van der Waals surface area (Å²) in [5, 5.41) is 14.4. The summed E-state index contributed by atoms with van der Waals surface area (Å²) in [7, 11) is 1.49. The monoisotopic (exact) mass is 494 g/mol. The van der Waals surface area contributed by atoms with Gasteiger partial charge in [-0.05, 0) is 159 Å². The predicted molar refractivity (Wildman–Crippen MR) is 138 cm³/mol. The Bertz CT molecular complexity index is 1360. The predicted octanol–water partition coefficient (Wildman–Crippen LogP) is 3.55. The zero-order chi connectivity index (χ0) is 22.2. The Morgan fingerprint density at radius 2 is 0.944 bits per heavy atom. The summed E-state index contributed by atoms with van der Waals surface area (Å²) in [5.74, 6) is 31.5. The molecule has 3 saturated heterocycles. The lowest BCUT2D eigenvalue weighted by atomic mass is 9.04. The number of rotatable bonds is 1. The molecule has 3 aliphatic heterocycles. The number of aliphatic hydroxyl groups excluding tert-OH is 1. The molecule has 1 N–H and O–H groups in total. The van der Waals surface area contributed by atoms with E-state index in [1.807, 2.05) is 0 Å². The Morgan fingerprint density at radius 3 is 1.47 bits per heavy atom. The molecule has 0 aromatic heterocycles. The molecule has 31 atom stereocenters. The van der Waals surface area contributed by atoms with Gasteiger partial charge in [0.25, 0.3) is 0 Å². The first-order chi connectivity index (χ1) is 17.7. The minimum atomic E-state index is -0.183. The lowest BCUT2D eigenvalue weighted by molar-refractivity contribution is -0.537. The maximum Gasteiger partial charge on any atom is 0.127 e.